The van der Waals surface area contributed by atoms with Gasteiger partial charge in [-0.1, -0.05) is 11.3 Å². The first kappa shape index (κ1) is 20.7. The minimum atomic E-state index is -0.659. The third-order valence-electron chi connectivity index (χ3n) is 6.70. The van der Waals surface area contributed by atoms with Gasteiger partial charge in [0.2, 0.25) is 11.8 Å². The normalized spacial score (nSPS) is 22.4. The monoisotopic (exact) mass is 461 g/mol. The number of imide groups is 1. The molecule has 5 heterocycles. The van der Waals surface area contributed by atoms with Crippen molar-refractivity contribution in [3.8, 4) is 16.9 Å². The van der Waals surface area contributed by atoms with Crippen LogP contribution in [0.2, 0.25) is 0 Å². The van der Waals surface area contributed by atoms with E-state index in [9.17, 15) is 14.4 Å². The molecule has 34 heavy (non-hydrogen) atoms. The zero-order valence-corrected chi connectivity index (χ0v) is 18.4. The van der Waals surface area contributed by atoms with E-state index in [0.29, 0.717) is 23.6 Å². The molecule has 174 valence electrons. The van der Waals surface area contributed by atoms with Gasteiger partial charge in [0.25, 0.3) is 5.91 Å². The molecule has 0 radical (unpaired) electrons. The molecule has 2 aromatic heterocycles. The quantitative estimate of drug-likeness (QED) is 0.561. The van der Waals surface area contributed by atoms with Crippen LogP contribution in [0.25, 0.3) is 16.9 Å². The number of piperidine rings is 1. The predicted octanol–water partition coefficient (Wildman–Crippen LogP) is 0.928. The van der Waals surface area contributed by atoms with Crippen LogP contribution in [0.4, 0.5) is 0 Å². The zero-order valence-electron chi connectivity index (χ0n) is 18.4. The molecule has 2 unspecified atom stereocenters. The van der Waals surface area contributed by atoms with Crippen LogP contribution < -0.4 is 5.32 Å². The summed E-state index contributed by atoms with van der Waals surface area (Å²) in [6, 6.07) is 4.76. The van der Waals surface area contributed by atoms with Crippen LogP contribution in [0.1, 0.15) is 35.2 Å². The highest BCUT2D eigenvalue weighted by molar-refractivity contribution is 6.05. The maximum absolute atomic E-state index is 13.1. The van der Waals surface area contributed by atoms with Gasteiger partial charge in [-0.05, 0) is 25.0 Å². The maximum atomic E-state index is 13.1. The average molecular weight is 461 g/mol. The summed E-state index contributed by atoms with van der Waals surface area (Å²) in [7, 11) is 0. The standard InChI is InChI=1S/C23H23N7O4/c31-21-5-4-20(22(32)25-21)29-11-17-16(23(29)33)2-1-3-19(17)30-12-18(26-27-30)15-8-24-28(10-15)9-14-6-7-34-13-14/h1-3,8,10,12,14,20H,4-7,9,11,13H2,(H,25,31,32). The highest BCUT2D eigenvalue weighted by atomic mass is 16.5. The van der Waals surface area contributed by atoms with Gasteiger partial charge in [-0.15, -0.1) is 5.10 Å². The summed E-state index contributed by atoms with van der Waals surface area (Å²) in [6.45, 7) is 2.64. The number of rotatable bonds is 5. The molecule has 11 heteroatoms. The predicted molar refractivity (Wildman–Crippen MR) is 118 cm³/mol. The van der Waals surface area contributed by atoms with E-state index in [4.69, 9.17) is 4.74 Å². The van der Waals surface area contributed by atoms with Crippen molar-refractivity contribution in [2.75, 3.05) is 13.2 Å². The van der Waals surface area contributed by atoms with Crippen molar-refractivity contribution < 1.29 is 19.1 Å². The second-order valence-corrected chi connectivity index (χ2v) is 8.93. The highest BCUT2D eigenvalue weighted by Crippen LogP contribution is 2.31. The molecule has 2 fully saturated rings. The van der Waals surface area contributed by atoms with Gasteiger partial charge in [0.05, 0.1) is 24.7 Å². The Morgan fingerprint density at radius 1 is 1.15 bits per heavy atom. The molecule has 3 aliphatic heterocycles. The van der Waals surface area contributed by atoms with Crippen molar-refractivity contribution in [3.63, 3.8) is 0 Å². The zero-order chi connectivity index (χ0) is 23.2. The van der Waals surface area contributed by atoms with Crippen LogP contribution in [-0.4, -0.2) is 66.7 Å². The van der Waals surface area contributed by atoms with Gasteiger partial charge in [0, 0.05) is 54.9 Å². The Hall–Kier alpha value is -3.86. The summed E-state index contributed by atoms with van der Waals surface area (Å²) in [6.07, 6.45) is 7.12. The summed E-state index contributed by atoms with van der Waals surface area (Å²) < 4.78 is 9.00. The molecule has 3 aliphatic rings. The van der Waals surface area contributed by atoms with Crippen molar-refractivity contribution in [2.45, 2.75) is 38.4 Å². The van der Waals surface area contributed by atoms with Crippen LogP contribution in [0.15, 0.2) is 36.8 Å². The Bertz CT molecular complexity index is 1290. The minimum Gasteiger partial charge on any atom is -0.381 e. The summed E-state index contributed by atoms with van der Waals surface area (Å²) in [5.41, 5.74) is 3.59. The molecule has 2 atom stereocenters. The van der Waals surface area contributed by atoms with Crippen molar-refractivity contribution >= 4 is 17.7 Å². The molecule has 0 bridgehead atoms. The summed E-state index contributed by atoms with van der Waals surface area (Å²) in [5, 5.41) is 15.4. The lowest BCUT2D eigenvalue weighted by molar-refractivity contribution is -0.136. The summed E-state index contributed by atoms with van der Waals surface area (Å²) in [5.74, 6) is -0.478. The van der Waals surface area contributed by atoms with Crippen LogP contribution >= 0.6 is 0 Å². The van der Waals surface area contributed by atoms with E-state index < -0.39 is 11.9 Å². The molecular formula is C23H23N7O4. The van der Waals surface area contributed by atoms with Crippen molar-refractivity contribution in [1.29, 1.82) is 0 Å². The first-order chi connectivity index (χ1) is 16.6. The van der Waals surface area contributed by atoms with E-state index in [1.165, 1.54) is 4.90 Å². The number of hydrogen-bond acceptors (Lipinski definition) is 7. The van der Waals surface area contributed by atoms with Gasteiger partial charge >= 0.3 is 0 Å². The largest absolute Gasteiger partial charge is 0.381 e. The lowest BCUT2D eigenvalue weighted by atomic mass is 10.0. The molecule has 3 amide bonds. The maximum Gasteiger partial charge on any atom is 0.255 e. The molecule has 0 spiro atoms. The number of ether oxygens (including phenoxy) is 1. The lowest BCUT2D eigenvalue weighted by Gasteiger charge is -2.29. The fourth-order valence-corrected chi connectivity index (χ4v) is 4.89. The Morgan fingerprint density at radius 2 is 2.06 bits per heavy atom. The minimum absolute atomic E-state index is 0.219. The Labute approximate surface area is 194 Å². The molecule has 0 aliphatic carbocycles. The van der Waals surface area contributed by atoms with Crippen LogP contribution in [0.5, 0.6) is 0 Å². The second kappa shape index (κ2) is 8.17. The molecule has 11 nitrogen and oxygen atoms in total. The van der Waals surface area contributed by atoms with Gasteiger partial charge in [0.1, 0.15) is 11.7 Å². The number of benzene rings is 1. The van der Waals surface area contributed by atoms with Crippen LogP contribution in [-0.2, 0) is 27.4 Å². The first-order valence-electron chi connectivity index (χ1n) is 11.4. The van der Waals surface area contributed by atoms with Crippen molar-refractivity contribution in [3.05, 3.63) is 47.9 Å². The number of aromatic nitrogens is 5. The molecule has 2 saturated heterocycles. The number of carbonyl (C=O) groups excluding carboxylic acids is 3. The Kier molecular flexibility index (Phi) is 4.98. The summed E-state index contributed by atoms with van der Waals surface area (Å²) >= 11 is 0. The van der Waals surface area contributed by atoms with E-state index in [1.54, 1.807) is 23.0 Å². The average Bonchev–Trinajstić information content (AvgIpc) is 3.62. The second-order valence-electron chi connectivity index (χ2n) is 8.93. The molecular weight excluding hydrogens is 438 g/mol. The van der Waals surface area contributed by atoms with Crippen LogP contribution in [0, 0.1) is 5.92 Å². The van der Waals surface area contributed by atoms with Gasteiger partial charge in [0.15, 0.2) is 0 Å². The van der Waals surface area contributed by atoms with Crippen molar-refractivity contribution in [1.82, 2.24) is 35.0 Å². The number of hydrogen-bond donors (Lipinski definition) is 1. The number of nitrogens with zero attached hydrogens (tertiary/aromatic N) is 6. The topological polar surface area (TPSA) is 124 Å². The lowest BCUT2D eigenvalue weighted by Crippen LogP contribution is -2.52. The fourth-order valence-electron chi connectivity index (χ4n) is 4.89. The third kappa shape index (κ3) is 3.58. The van der Waals surface area contributed by atoms with Gasteiger partial charge in [-0.3, -0.25) is 24.4 Å². The number of amides is 3. The molecule has 0 saturated carbocycles. The van der Waals surface area contributed by atoms with E-state index in [2.05, 4.69) is 20.7 Å². The van der Waals surface area contributed by atoms with Gasteiger partial charge in [-0.25, -0.2) is 4.68 Å². The van der Waals surface area contributed by atoms with E-state index >= 15 is 0 Å². The van der Waals surface area contributed by atoms with E-state index in [0.717, 1.165) is 43.0 Å². The number of carbonyl (C=O) groups is 3. The Balaban J connectivity index is 1.24. The molecule has 1 aromatic carbocycles. The Morgan fingerprint density at radius 3 is 2.88 bits per heavy atom. The number of fused-ring (bicyclic) bond motifs is 1. The first-order valence-corrected chi connectivity index (χ1v) is 11.4. The molecule has 6 rings (SSSR count). The fraction of sp³-hybridized carbons (Fsp3) is 0.391. The molecule has 3 aromatic rings. The van der Waals surface area contributed by atoms with Crippen molar-refractivity contribution in [2.24, 2.45) is 5.92 Å². The SMILES string of the molecule is O=C1CCC(N2Cc3c(cccc3-n3cc(-c4cnn(CC5CCOC5)c4)nn3)C2=O)C(=O)N1. The van der Waals surface area contributed by atoms with E-state index in [-0.39, 0.29) is 24.8 Å². The third-order valence-corrected chi connectivity index (χ3v) is 6.70. The highest BCUT2D eigenvalue weighted by Gasteiger charge is 2.40. The van der Waals surface area contributed by atoms with E-state index in [1.807, 2.05) is 23.1 Å². The van der Waals surface area contributed by atoms with Gasteiger partial charge in [-0.2, -0.15) is 5.10 Å². The summed E-state index contributed by atoms with van der Waals surface area (Å²) in [4.78, 5) is 38.5. The number of nitrogens with one attached hydrogen (secondary N) is 1. The smallest absolute Gasteiger partial charge is 0.255 e. The van der Waals surface area contributed by atoms with Crippen LogP contribution in [0.3, 0.4) is 0 Å². The molecule has 1 N–H and O–H groups in total. The van der Waals surface area contributed by atoms with Gasteiger partial charge < -0.3 is 9.64 Å².